The second-order valence-corrected chi connectivity index (χ2v) is 8.54. The first-order valence-electron chi connectivity index (χ1n) is 8.04. The minimum Gasteiger partial charge on any atom is -0.314 e. The zero-order valence-electron chi connectivity index (χ0n) is 13.2. The summed E-state index contributed by atoms with van der Waals surface area (Å²) >= 11 is 0. The van der Waals surface area contributed by atoms with Gasteiger partial charge in [-0.2, -0.15) is 0 Å². The largest absolute Gasteiger partial charge is 0.314 e. The van der Waals surface area contributed by atoms with Crippen LogP contribution in [-0.4, -0.2) is 12.6 Å². The van der Waals surface area contributed by atoms with Gasteiger partial charge in [-0.25, -0.2) is 0 Å². The van der Waals surface area contributed by atoms with E-state index < -0.39 is 0 Å². The summed E-state index contributed by atoms with van der Waals surface area (Å²) in [5.74, 6) is 2.08. The highest BCUT2D eigenvalue weighted by Crippen LogP contribution is 2.58. The van der Waals surface area contributed by atoms with Crippen molar-refractivity contribution >= 4 is 0 Å². The van der Waals surface area contributed by atoms with Gasteiger partial charge in [0.25, 0.3) is 0 Å². The van der Waals surface area contributed by atoms with E-state index in [2.05, 4.69) is 39.9 Å². The Morgan fingerprint density at radius 3 is 2.39 bits per heavy atom. The summed E-state index contributed by atoms with van der Waals surface area (Å²) in [6, 6.07) is 0.635. The van der Waals surface area contributed by atoms with Crippen LogP contribution in [0.3, 0.4) is 0 Å². The molecule has 0 saturated heterocycles. The molecule has 0 heterocycles. The molecule has 0 spiro atoms. The third-order valence-corrected chi connectivity index (χ3v) is 5.34. The SMILES string of the molecule is CC(C)NCC1(CCC(C)(C)C)CC2CCC1C2. The van der Waals surface area contributed by atoms with E-state index in [1.807, 2.05) is 0 Å². The van der Waals surface area contributed by atoms with Crippen molar-refractivity contribution in [2.24, 2.45) is 22.7 Å². The van der Waals surface area contributed by atoms with Crippen molar-refractivity contribution in [3.05, 3.63) is 0 Å². The summed E-state index contributed by atoms with van der Waals surface area (Å²) in [6.07, 6.45) is 8.89. The van der Waals surface area contributed by atoms with Gasteiger partial charge >= 0.3 is 0 Å². The van der Waals surface area contributed by atoms with Gasteiger partial charge in [0.05, 0.1) is 0 Å². The maximum atomic E-state index is 3.75. The van der Waals surface area contributed by atoms with Crippen LogP contribution in [0, 0.1) is 22.7 Å². The van der Waals surface area contributed by atoms with E-state index in [1.54, 1.807) is 0 Å². The summed E-state index contributed by atoms with van der Waals surface area (Å²) < 4.78 is 0. The van der Waals surface area contributed by atoms with Crippen LogP contribution in [0.25, 0.3) is 0 Å². The van der Waals surface area contributed by atoms with Gasteiger partial charge in [-0.15, -0.1) is 0 Å². The second kappa shape index (κ2) is 5.15. The molecule has 2 aliphatic carbocycles. The molecule has 2 fully saturated rings. The molecule has 18 heavy (non-hydrogen) atoms. The van der Waals surface area contributed by atoms with Gasteiger partial charge in [-0.1, -0.05) is 41.0 Å². The van der Waals surface area contributed by atoms with Crippen LogP contribution in [0.4, 0.5) is 0 Å². The molecule has 0 aliphatic heterocycles. The van der Waals surface area contributed by atoms with Gasteiger partial charge in [0.15, 0.2) is 0 Å². The van der Waals surface area contributed by atoms with E-state index in [9.17, 15) is 0 Å². The molecule has 2 saturated carbocycles. The van der Waals surface area contributed by atoms with E-state index in [1.165, 1.54) is 45.1 Å². The lowest BCUT2D eigenvalue weighted by atomic mass is 9.68. The molecule has 1 N–H and O–H groups in total. The molecule has 2 rings (SSSR count). The van der Waals surface area contributed by atoms with Crippen LogP contribution in [-0.2, 0) is 0 Å². The van der Waals surface area contributed by atoms with Gasteiger partial charge in [0, 0.05) is 12.6 Å². The van der Waals surface area contributed by atoms with Crippen LogP contribution in [0.1, 0.15) is 73.1 Å². The summed E-state index contributed by atoms with van der Waals surface area (Å²) in [4.78, 5) is 0. The fourth-order valence-electron chi connectivity index (χ4n) is 4.20. The summed E-state index contributed by atoms with van der Waals surface area (Å²) in [7, 11) is 0. The Kier molecular flexibility index (Phi) is 4.11. The Morgan fingerprint density at radius 1 is 1.22 bits per heavy atom. The van der Waals surface area contributed by atoms with E-state index in [0.29, 0.717) is 16.9 Å². The van der Waals surface area contributed by atoms with Crippen molar-refractivity contribution in [1.82, 2.24) is 5.32 Å². The molecule has 3 unspecified atom stereocenters. The fraction of sp³-hybridized carbons (Fsp3) is 1.00. The number of hydrogen-bond acceptors (Lipinski definition) is 1. The minimum atomic E-state index is 0.493. The van der Waals surface area contributed by atoms with Crippen LogP contribution in [0.15, 0.2) is 0 Å². The molecule has 1 nitrogen and oxygen atoms in total. The van der Waals surface area contributed by atoms with Gasteiger partial charge in [-0.3, -0.25) is 0 Å². The number of fused-ring (bicyclic) bond motifs is 2. The van der Waals surface area contributed by atoms with Crippen molar-refractivity contribution in [2.45, 2.75) is 79.2 Å². The number of rotatable bonds is 5. The van der Waals surface area contributed by atoms with Crippen molar-refractivity contribution in [3.63, 3.8) is 0 Å². The molecule has 0 aromatic heterocycles. The molecular formula is C17H33N. The van der Waals surface area contributed by atoms with Crippen molar-refractivity contribution in [2.75, 3.05) is 6.54 Å². The molecule has 0 aromatic carbocycles. The molecule has 106 valence electrons. The first-order valence-corrected chi connectivity index (χ1v) is 8.04. The third-order valence-electron chi connectivity index (χ3n) is 5.34. The minimum absolute atomic E-state index is 0.493. The van der Waals surface area contributed by atoms with Crippen LogP contribution in [0.5, 0.6) is 0 Å². The molecule has 0 aromatic rings. The molecule has 0 amide bonds. The molecular weight excluding hydrogens is 218 g/mol. The fourth-order valence-corrected chi connectivity index (χ4v) is 4.20. The number of hydrogen-bond donors (Lipinski definition) is 1. The average Bonchev–Trinajstić information content (AvgIpc) is 2.83. The van der Waals surface area contributed by atoms with Gasteiger partial charge in [0.1, 0.15) is 0 Å². The lowest BCUT2D eigenvalue weighted by Gasteiger charge is -2.40. The lowest BCUT2D eigenvalue weighted by molar-refractivity contribution is 0.118. The first kappa shape index (κ1) is 14.4. The molecule has 0 radical (unpaired) electrons. The highest BCUT2D eigenvalue weighted by atomic mass is 14.9. The topological polar surface area (TPSA) is 12.0 Å². The normalized spacial score (nSPS) is 35.7. The predicted octanol–water partition coefficient (Wildman–Crippen LogP) is 4.62. The monoisotopic (exact) mass is 251 g/mol. The standard InChI is InChI=1S/C17H33N/c1-13(2)18-12-17(9-8-16(3,4)5)11-14-6-7-15(17)10-14/h13-15,18H,6-12H2,1-5H3. The quantitative estimate of drug-likeness (QED) is 0.752. The molecule has 1 heteroatoms. The van der Waals surface area contributed by atoms with Gasteiger partial charge in [-0.05, 0) is 54.8 Å². The smallest absolute Gasteiger partial charge is 0.00129 e. The Labute approximate surface area is 114 Å². The Hall–Kier alpha value is -0.0400. The summed E-state index contributed by atoms with van der Waals surface area (Å²) in [5.41, 5.74) is 1.13. The zero-order valence-corrected chi connectivity index (χ0v) is 13.2. The van der Waals surface area contributed by atoms with Crippen LogP contribution < -0.4 is 5.32 Å². The summed E-state index contributed by atoms with van der Waals surface area (Å²) in [6.45, 7) is 13.0. The maximum absolute atomic E-state index is 3.75. The van der Waals surface area contributed by atoms with Gasteiger partial charge < -0.3 is 5.32 Å². The highest BCUT2D eigenvalue weighted by molar-refractivity contribution is 5.01. The first-order chi connectivity index (χ1) is 8.31. The van der Waals surface area contributed by atoms with Crippen LogP contribution in [0.2, 0.25) is 0 Å². The predicted molar refractivity (Wildman–Crippen MR) is 79.7 cm³/mol. The third kappa shape index (κ3) is 3.29. The van der Waals surface area contributed by atoms with E-state index in [0.717, 1.165) is 11.8 Å². The van der Waals surface area contributed by atoms with E-state index >= 15 is 0 Å². The highest BCUT2D eigenvalue weighted by Gasteiger charge is 2.50. The van der Waals surface area contributed by atoms with Crippen molar-refractivity contribution < 1.29 is 0 Å². The van der Waals surface area contributed by atoms with Crippen molar-refractivity contribution in [3.8, 4) is 0 Å². The lowest BCUT2D eigenvalue weighted by Crippen LogP contribution is -2.41. The average molecular weight is 251 g/mol. The van der Waals surface area contributed by atoms with Gasteiger partial charge in [0.2, 0.25) is 0 Å². The maximum Gasteiger partial charge on any atom is 0.00129 e. The Balaban J connectivity index is 1.99. The Bertz CT molecular complexity index is 276. The number of nitrogens with one attached hydrogen (secondary N) is 1. The zero-order chi connectivity index (χ0) is 13.4. The van der Waals surface area contributed by atoms with Crippen LogP contribution >= 0.6 is 0 Å². The second-order valence-electron chi connectivity index (χ2n) is 8.54. The Morgan fingerprint density at radius 2 is 1.94 bits per heavy atom. The molecule has 2 bridgehead atoms. The van der Waals surface area contributed by atoms with E-state index in [-0.39, 0.29) is 0 Å². The van der Waals surface area contributed by atoms with Crippen molar-refractivity contribution in [1.29, 1.82) is 0 Å². The summed E-state index contributed by atoms with van der Waals surface area (Å²) in [5, 5.41) is 3.75. The molecule has 3 atom stereocenters. The molecule has 2 aliphatic rings. The van der Waals surface area contributed by atoms with E-state index in [4.69, 9.17) is 0 Å².